The molecule has 0 aromatic rings. The van der Waals surface area contributed by atoms with Crippen molar-refractivity contribution in [1.29, 1.82) is 0 Å². The lowest BCUT2D eigenvalue weighted by molar-refractivity contribution is -0.146. The summed E-state index contributed by atoms with van der Waals surface area (Å²) in [5, 5.41) is 0. The Balaban J connectivity index is 1.15. The number of hydrogen-bond acceptors (Lipinski definition) is 6. The molecule has 6 aliphatic rings. The van der Waals surface area contributed by atoms with Gasteiger partial charge in [0.05, 0.1) is 23.0 Å². The van der Waals surface area contributed by atoms with Gasteiger partial charge in [-0.15, -0.1) is 0 Å². The van der Waals surface area contributed by atoms with Crippen molar-refractivity contribution in [2.24, 2.45) is 17.8 Å². The molecule has 9 atom stereocenters. The highest BCUT2D eigenvalue weighted by Gasteiger charge is 2.58. The minimum Gasteiger partial charge on any atom is -0.469 e. The first-order valence-electron chi connectivity index (χ1n) is 13.8. The van der Waals surface area contributed by atoms with Crippen LogP contribution in [0.3, 0.4) is 0 Å². The Kier molecular flexibility index (Phi) is 6.06. The largest absolute Gasteiger partial charge is 0.469 e. The molecule has 198 valence electrons. The van der Waals surface area contributed by atoms with Crippen LogP contribution in [0, 0.1) is 17.8 Å². The van der Waals surface area contributed by atoms with Crippen LogP contribution in [0.5, 0.6) is 0 Å². The Morgan fingerprint density at radius 2 is 1.11 bits per heavy atom. The summed E-state index contributed by atoms with van der Waals surface area (Å²) in [6.07, 6.45) is 9.16. The van der Waals surface area contributed by atoms with E-state index in [0.29, 0.717) is 24.0 Å². The number of methoxy groups -OCH3 is 1. The second-order valence-corrected chi connectivity index (χ2v) is 13.7. The van der Waals surface area contributed by atoms with Gasteiger partial charge in [-0.05, 0) is 78.6 Å². The van der Waals surface area contributed by atoms with Crippen LogP contribution >= 0.6 is 24.4 Å². The molecule has 0 aromatic carbocycles. The number of thiocarbonyl (C=S) groups is 2. The van der Waals surface area contributed by atoms with Gasteiger partial charge in [0.25, 0.3) is 0 Å². The fraction of sp³-hybridized carbons (Fsp3) is 0.852. The van der Waals surface area contributed by atoms with Crippen LogP contribution in [0.15, 0.2) is 0 Å². The summed E-state index contributed by atoms with van der Waals surface area (Å²) in [5.41, 5.74) is -0.492. The second kappa shape index (κ2) is 8.79. The number of carbonyl (C=O) groups is 2. The highest BCUT2D eigenvalue weighted by Crippen LogP contribution is 2.51. The maximum Gasteiger partial charge on any atom is 0.410 e. The number of carbonyl (C=O) groups excluding carboxylic acids is 2. The summed E-state index contributed by atoms with van der Waals surface area (Å²) in [5.74, 6) is 0.414. The average Bonchev–Trinajstić information content (AvgIpc) is 3.67. The predicted molar refractivity (Wildman–Crippen MR) is 144 cm³/mol. The molecule has 0 saturated carbocycles. The molecule has 0 unspecified atom stereocenters. The molecule has 36 heavy (non-hydrogen) atoms. The lowest BCUT2D eigenvalue weighted by Crippen LogP contribution is -2.47. The van der Waals surface area contributed by atoms with Gasteiger partial charge in [0, 0.05) is 48.1 Å². The molecular weight excluding hydrogens is 494 g/mol. The Labute approximate surface area is 225 Å². The van der Waals surface area contributed by atoms with E-state index >= 15 is 0 Å². The van der Waals surface area contributed by atoms with Gasteiger partial charge in [-0.1, -0.05) is 24.4 Å². The van der Waals surface area contributed by atoms with Crippen molar-refractivity contribution in [1.82, 2.24) is 14.7 Å². The van der Waals surface area contributed by atoms with Crippen molar-refractivity contribution in [3.05, 3.63) is 0 Å². The van der Waals surface area contributed by atoms with Crippen LogP contribution in [0.1, 0.15) is 78.6 Å². The van der Waals surface area contributed by atoms with E-state index in [2.05, 4.69) is 9.80 Å². The van der Waals surface area contributed by atoms with Gasteiger partial charge in [0.1, 0.15) is 5.60 Å². The van der Waals surface area contributed by atoms with Crippen molar-refractivity contribution in [3.8, 4) is 0 Å². The van der Waals surface area contributed by atoms with Crippen LogP contribution in [0.2, 0.25) is 0 Å². The molecule has 0 N–H and O–H groups in total. The number of fused-ring (bicyclic) bond motifs is 6. The molecule has 9 heteroatoms. The fourth-order valence-electron chi connectivity index (χ4n) is 8.57. The zero-order valence-corrected chi connectivity index (χ0v) is 23.5. The molecule has 7 nitrogen and oxygen atoms in total. The molecule has 6 rings (SSSR count). The van der Waals surface area contributed by atoms with Crippen molar-refractivity contribution < 1.29 is 19.1 Å². The highest BCUT2D eigenvalue weighted by molar-refractivity contribution is 7.80. The smallest absolute Gasteiger partial charge is 0.410 e. The summed E-state index contributed by atoms with van der Waals surface area (Å²) in [6, 6.07) is 1.75. The molecule has 6 bridgehead atoms. The Morgan fingerprint density at radius 3 is 1.58 bits per heavy atom. The van der Waals surface area contributed by atoms with Crippen molar-refractivity contribution in [2.75, 3.05) is 7.11 Å². The molecule has 6 saturated heterocycles. The molecule has 1 amide bonds. The van der Waals surface area contributed by atoms with Gasteiger partial charge in [-0.2, -0.15) is 0 Å². The molecule has 6 aliphatic heterocycles. The van der Waals surface area contributed by atoms with Crippen LogP contribution in [-0.4, -0.2) is 85.7 Å². The summed E-state index contributed by atoms with van der Waals surface area (Å²) in [4.78, 5) is 34.4. The molecule has 0 aromatic heterocycles. The first-order valence-corrected chi connectivity index (χ1v) is 14.6. The quantitative estimate of drug-likeness (QED) is 0.393. The monoisotopic (exact) mass is 533 g/mol. The molecule has 0 spiro atoms. The SMILES string of the molecule is COC(=O)[C@@H]1C[C@@H]2CC[C@H]1N2C(=S)[C@@H]1C[C@@H]2CC[C@H]1N2C(=S)[C@@H]1C[C@@H]2CC[C@H]1N2C(=O)OC(C)(C)C. The van der Waals surface area contributed by atoms with Gasteiger partial charge in [0.2, 0.25) is 0 Å². The fourth-order valence-corrected chi connectivity index (χ4v) is 9.65. The zero-order valence-electron chi connectivity index (χ0n) is 21.9. The third-order valence-corrected chi connectivity index (χ3v) is 10.9. The second-order valence-electron chi connectivity index (χ2n) is 12.8. The maximum absolute atomic E-state index is 13.0. The minimum absolute atomic E-state index is 0.0460. The van der Waals surface area contributed by atoms with Gasteiger partial charge in [-0.3, -0.25) is 4.79 Å². The standard InChI is InChI=1S/C27H39N3O4S2/c1-27(2,3)34-26(32)30-16-7-9-21(30)18(12-16)24(36)28-14-5-8-20(28)17(11-14)23(35)29-15-6-10-22(29)19(13-15)25(31)33-4/h14-22H,5-13H2,1-4H3/t14-,15-,16-,17+,18+,19+,20+,21+,22+/m0/s1. The van der Waals surface area contributed by atoms with E-state index in [1.54, 1.807) is 0 Å². The first-order chi connectivity index (χ1) is 17.1. The van der Waals surface area contributed by atoms with E-state index in [1.165, 1.54) is 7.11 Å². The van der Waals surface area contributed by atoms with Crippen LogP contribution < -0.4 is 0 Å². The number of hydrogen-bond donors (Lipinski definition) is 0. The number of ether oxygens (including phenoxy) is 2. The topological polar surface area (TPSA) is 62.3 Å². The molecule has 6 fully saturated rings. The third-order valence-electron chi connectivity index (χ3n) is 9.86. The average molecular weight is 534 g/mol. The van der Waals surface area contributed by atoms with E-state index in [-0.39, 0.29) is 42.0 Å². The molecule has 0 radical (unpaired) electrons. The van der Waals surface area contributed by atoms with Gasteiger partial charge in [0.15, 0.2) is 0 Å². The van der Waals surface area contributed by atoms with Crippen LogP contribution in [-0.2, 0) is 14.3 Å². The third kappa shape index (κ3) is 3.77. The van der Waals surface area contributed by atoms with E-state index in [0.717, 1.165) is 67.8 Å². The van der Waals surface area contributed by atoms with Crippen molar-refractivity contribution in [3.63, 3.8) is 0 Å². The minimum atomic E-state index is -0.492. The zero-order chi connectivity index (χ0) is 25.5. The number of nitrogens with zero attached hydrogens (tertiary/aromatic N) is 3. The number of rotatable bonds is 3. The van der Waals surface area contributed by atoms with Crippen LogP contribution in [0.4, 0.5) is 4.79 Å². The summed E-state index contributed by atoms with van der Waals surface area (Å²) >= 11 is 12.4. The van der Waals surface area contributed by atoms with E-state index in [1.807, 2.05) is 25.7 Å². The Bertz CT molecular complexity index is 983. The van der Waals surface area contributed by atoms with Gasteiger partial charge >= 0.3 is 12.1 Å². The summed E-state index contributed by atoms with van der Waals surface area (Å²) in [6.45, 7) is 5.78. The van der Waals surface area contributed by atoms with Crippen molar-refractivity contribution >= 4 is 46.5 Å². The van der Waals surface area contributed by atoms with E-state index in [9.17, 15) is 9.59 Å². The summed E-state index contributed by atoms with van der Waals surface area (Å²) in [7, 11) is 1.49. The molecule has 0 aliphatic carbocycles. The lowest BCUT2D eigenvalue weighted by Gasteiger charge is -2.35. The van der Waals surface area contributed by atoms with Crippen molar-refractivity contribution in [2.45, 2.75) is 120 Å². The molecule has 6 heterocycles. The van der Waals surface area contributed by atoms with E-state index in [4.69, 9.17) is 33.9 Å². The number of amides is 1. The maximum atomic E-state index is 13.0. The van der Waals surface area contributed by atoms with Gasteiger partial charge in [-0.25, -0.2) is 4.79 Å². The number of esters is 1. The lowest BCUT2D eigenvalue weighted by atomic mass is 9.87. The Hall–Kier alpha value is -1.48. The normalized spacial score (nSPS) is 40.3. The van der Waals surface area contributed by atoms with Gasteiger partial charge < -0.3 is 24.2 Å². The highest BCUT2D eigenvalue weighted by atomic mass is 32.1. The first kappa shape index (κ1) is 24.8. The predicted octanol–water partition coefficient (Wildman–Crippen LogP) is 4.31. The van der Waals surface area contributed by atoms with Crippen LogP contribution in [0.25, 0.3) is 0 Å². The molecular formula is C27H39N3O4S2. The summed E-state index contributed by atoms with van der Waals surface area (Å²) < 4.78 is 10.9. The Morgan fingerprint density at radius 1 is 0.694 bits per heavy atom. The van der Waals surface area contributed by atoms with E-state index < -0.39 is 5.60 Å².